The van der Waals surface area contributed by atoms with Crippen molar-refractivity contribution in [1.82, 2.24) is 9.97 Å². The zero-order valence-corrected chi connectivity index (χ0v) is 10.2. The van der Waals surface area contributed by atoms with E-state index < -0.39 is 0 Å². The van der Waals surface area contributed by atoms with Gasteiger partial charge in [0.25, 0.3) is 0 Å². The quantitative estimate of drug-likeness (QED) is 0.892. The molecule has 1 fully saturated rings. The van der Waals surface area contributed by atoms with Crippen LogP contribution >= 0.6 is 0 Å². The largest absolute Gasteiger partial charge is 0.369 e. The lowest BCUT2D eigenvalue weighted by Gasteiger charge is -2.18. The minimum Gasteiger partial charge on any atom is -0.369 e. The Hall–Kier alpha value is -2.10. The van der Waals surface area contributed by atoms with E-state index in [1.54, 1.807) is 12.4 Å². The Bertz CT molecular complexity index is 486. The predicted octanol–water partition coefficient (Wildman–Crippen LogP) is 2.17. The highest BCUT2D eigenvalue weighted by molar-refractivity contribution is 5.48. The third-order valence-corrected chi connectivity index (χ3v) is 3.21. The van der Waals surface area contributed by atoms with Crippen LogP contribution in [0.5, 0.6) is 0 Å². The Morgan fingerprint density at radius 3 is 2.61 bits per heavy atom. The zero-order chi connectivity index (χ0) is 12.2. The second-order valence-corrected chi connectivity index (χ2v) is 4.48. The summed E-state index contributed by atoms with van der Waals surface area (Å²) in [6.07, 6.45) is 4.64. The highest BCUT2D eigenvalue weighted by Gasteiger charge is 2.22. The first-order valence-corrected chi connectivity index (χ1v) is 6.25. The van der Waals surface area contributed by atoms with Gasteiger partial charge in [-0.2, -0.15) is 0 Å². The molecule has 0 unspecified atom stereocenters. The maximum Gasteiger partial charge on any atom is 0.222 e. The lowest BCUT2D eigenvalue weighted by Crippen LogP contribution is -2.26. The first-order chi connectivity index (χ1) is 8.92. The Labute approximate surface area is 107 Å². The number of benzene rings is 1. The molecular formula is C14H16N4. The molecule has 0 radical (unpaired) electrons. The van der Waals surface area contributed by atoms with Crippen LogP contribution in [0.1, 0.15) is 6.42 Å². The van der Waals surface area contributed by atoms with Gasteiger partial charge in [0.15, 0.2) is 0 Å². The number of nitrogens with zero attached hydrogens (tertiary/aromatic N) is 3. The fraction of sp³-hybridized carbons (Fsp3) is 0.286. The monoisotopic (exact) mass is 240 g/mol. The molecule has 1 saturated heterocycles. The van der Waals surface area contributed by atoms with Crippen LogP contribution in [0, 0.1) is 0 Å². The summed E-state index contributed by atoms with van der Waals surface area (Å²) in [5, 5.41) is 3.38. The van der Waals surface area contributed by atoms with Crippen LogP contribution in [0.2, 0.25) is 0 Å². The summed E-state index contributed by atoms with van der Waals surface area (Å²) in [7, 11) is 0. The Morgan fingerprint density at radius 1 is 1.06 bits per heavy atom. The Balaban J connectivity index is 1.62. The molecule has 2 heterocycles. The molecule has 4 nitrogen and oxygen atoms in total. The second kappa shape index (κ2) is 5.04. The molecule has 1 aromatic carbocycles. The average molecular weight is 240 g/mol. The molecule has 92 valence electrons. The van der Waals surface area contributed by atoms with Gasteiger partial charge in [-0.3, -0.25) is 0 Å². The van der Waals surface area contributed by atoms with Crippen molar-refractivity contribution < 1.29 is 0 Å². The molecule has 1 aliphatic rings. The van der Waals surface area contributed by atoms with E-state index in [0.29, 0.717) is 6.04 Å². The van der Waals surface area contributed by atoms with E-state index in [-0.39, 0.29) is 0 Å². The minimum atomic E-state index is 0.424. The minimum absolute atomic E-state index is 0.424. The van der Waals surface area contributed by atoms with Crippen LogP contribution in [0.3, 0.4) is 0 Å². The molecule has 1 aromatic heterocycles. The summed E-state index contributed by atoms with van der Waals surface area (Å²) in [6, 6.07) is 12.8. The van der Waals surface area contributed by atoms with Crippen molar-refractivity contribution in [2.75, 3.05) is 23.3 Å². The summed E-state index contributed by atoms with van der Waals surface area (Å²) in [5.41, 5.74) is 1.29. The summed E-state index contributed by atoms with van der Waals surface area (Å²) in [5.74, 6) is 0.720. The van der Waals surface area contributed by atoms with Crippen LogP contribution in [0.15, 0.2) is 48.8 Å². The van der Waals surface area contributed by atoms with Gasteiger partial charge in [0.2, 0.25) is 5.95 Å². The molecule has 0 amide bonds. The number of hydrogen-bond donors (Lipinski definition) is 1. The number of nitrogens with one attached hydrogen (secondary N) is 1. The lowest BCUT2D eigenvalue weighted by molar-refractivity contribution is 0.792. The van der Waals surface area contributed by atoms with Gasteiger partial charge in [-0.25, -0.2) is 9.97 Å². The van der Waals surface area contributed by atoms with Crippen LogP contribution in [0.25, 0.3) is 0 Å². The van der Waals surface area contributed by atoms with Gasteiger partial charge in [-0.1, -0.05) is 18.2 Å². The van der Waals surface area contributed by atoms with E-state index in [1.807, 2.05) is 12.1 Å². The van der Waals surface area contributed by atoms with Gasteiger partial charge in [0.05, 0.1) is 0 Å². The molecule has 1 N–H and O–H groups in total. The van der Waals surface area contributed by atoms with E-state index in [1.165, 1.54) is 5.69 Å². The molecule has 4 heteroatoms. The molecule has 18 heavy (non-hydrogen) atoms. The molecule has 1 aliphatic heterocycles. The Morgan fingerprint density at radius 2 is 1.83 bits per heavy atom. The van der Waals surface area contributed by atoms with Gasteiger partial charge < -0.3 is 10.2 Å². The third kappa shape index (κ3) is 2.42. The predicted molar refractivity (Wildman–Crippen MR) is 72.7 cm³/mol. The number of hydrogen-bond acceptors (Lipinski definition) is 4. The maximum atomic E-state index is 4.20. The summed E-state index contributed by atoms with van der Waals surface area (Å²) >= 11 is 0. The highest BCUT2D eigenvalue weighted by atomic mass is 15.2. The first kappa shape index (κ1) is 11.0. The van der Waals surface area contributed by atoms with Crippen molar-refractivity contribution in [1.29, 1.82) is 0 Å². The maximum absolute atomic E-state index is 4.20. The second-order valence-electron chi connectivity index (χ2n) is 4.48. The molecule has 0 spiro atoms. The van der Waals surface area contributed by atoms with Gasteiger partial charge in [0.1, 0.15) is 0 Å². The molecular weight excluding hydrogens is 224 g/mol. The zero-order valence-electron chi connectivity index (χ0n) is 10.2. The third-order valence-electron chi connectivity index (χ3n) is 3.21. The van der Waals surface area contributed by atoms with Crippen molar-refractivity contribution in [2.24, 2.45) is 0 Å². The topological polar surface area (TPSA) is 41.0 Å². The standard InChI is InChI=1S/C14H16N4/c1-2-5-13(6-3-1)18-10-7-12(11-18)17-14-15-8-4-9-16-14/h1-6,8-9,12H,7,10-11H2,(H,15,16,17)/t12-/m1/s1. The van der Waals surface area contributed by atoms with Crippen molar-refractivity contribution in [3.8, 4) is 0 Å². The van der Waals surface area contributed by atoms with Gasteiger partial charge in [0, 0.05) is 37.2 Å². The van der Waals surface area contributed by atoms with E-state index in [9.17, 15) is 0 Å². The summed E-state index contributed by atoms with van der Waals surface area (Å²) < 4.78 is 0. The van der Waals surface area contributed by atoms with Gasteiger partial charge in [-0.15, -0.1) is 0 Å². The fourth-order valence-corrected chi connectivity index (χ4v) is 2.31. The molecule has 0 saturated carbocycles. The molecule has 0 bridgehead atoms. The number of para-hydroxylation sites is 1. The lowest BCUT2D eigenvalue weighted by atomic mass is 10.3. The normalized spacial score (nSPS) is 18.9. The Kier molecular flexibility index (Phi) is 3.08. The first-order valence-electron chi connectivity index (χ1n) is 6.25. The molecule has 3 rings (SSSR count). The number of rotatable bonds is 3. The smallest absolute Gasteiger partial charge is 0.222 e. The van der Waals surface area contributed by atoms with Crippen LogP contribution in [-0.4, -0.2) is 29.1 Å². The van der Waals surface area contributed by atoms with E-state index in [0.717, 1.165) is 25.5 Å². The van der Waals surface area contributed by atoms with Crippen molar-refractivity contribution >= 4 is 11.6 Å². The van der Waals surface area contributed by atoms with Crippen LogP contribution in [-0.2, 0) is 0 Å². The van der Waals surface area contributed by atoms with Crippen molar-refractivity contribution in [3.05, 3.63) is 48.8 Å². The summed E-state index contributed by atoms with van der Waals surface area (Å²) in [4.78, 5) is 10.8. The number of anilines is 2. The van der Waals surface area contributed by atoms with Gasteiger partial charge in [-0.05, 0) is 24.6 Å². The van der Waals surface area contributed by atoms with Crippen molar-refractivity contribution in [3.63, 3.8) is 0 Å². The molecule has 1 atom stereocenters. The van der Waals surface area contributed by atoms with E-state index in [4.69, 9.17) is 0 Å². The number of aromatic nitrogens is 2. The van der Waals surface area contributed by atoms with Crippen molar-refractivity contribution in [2.45, 2.75) is 12.5 Å². The van der Waals surface area contributed by atoms with E-state index in [2.05, 4.69) is 44.5 Å². The van der Waals surface area contributed by atoms with E-state index >= 15 is 0 Å². The average Bonchev–Trinajstić information content (AvgIpc) is 2.89. The highest BCUT2D eigenvalue weighted by Crippen LogP contribution is 2.20. The van der Waals surface area contributed by atoms with Crippen LogP contribution in [0.4, 0.5) is 11.6 Å². The summed E-state index contributed by atoms with van der Waals surface area (Å²) in [6.45, 7) is 2.08. The van der Waals surface area contributed by atoms with Crippen LogP contribution < -0.4 is 10.2 Å². The fourth-order valence-electron chi connectivity index (χ4n) is 2.31. The SMILES string of the molecule is c1ccc(N2CC[C@@H](Nc3ncccn3)C2)cc1. The molecule has 2 aromatic rings. The van der Waals surface area contributed by atoms with Gasteiger partial charge >= 0.3 is 0 Å². The molecule has 0 aliphatic carbocycles.